The Morgan fingerprint density at radius 2 is 1.86 bits per heavy atom. The van der Waals surface area contributed by atoms with E-state index in [-0.39, 0.29) is 5.69 Å². The lowest BCUT2D eigenvalue weighted by Gasteiger charge is -2.11. The van der Waals surface area contributed by atoms with E-state index in [2.05, 4.69) is 9.98 Å². The maximum atomic E-state index is 10.9. The molecule has 0 aliphatic carbocycles. The third kappa shape index (κ3) is 3.98. The number of nitro groups is 1. The van der Waals surface area contributed by atoms with Gasteiger partial charge in [-0.1, -0.05) is 12.1 Å². The number of aliphatic imine (C=N–C) groups is 1. The first-order chi connectivity index (χ1) is 14.0. The summed E-state index contributed by atoms with van der Waals surface area (Å²) in [5, 5.41) is 10.9. The second kappa shape index (κ2) is 7.55. The van der Waals surface area contributed by atoms with Crippen molar-refractivity contribution in [3.63, 3.8) is 0 Å². The molecule has 3 aromatic carbocycles. The normalized spacial score (nSPS) is 11.2. The summed E-state index contributed by atoms with van der Waals surface area (Å²) in [6, 6.07) is 19.8. The zero-order valence-electron chi connectivity index (χ0n) is 15.9. The van der Waals surface area contributed by atoms with Crippen LogP contribution < -0.4 is 4.90 Å². The molecule has 4 aromatic rings. The molecule has 0 spiro atoms. The largest absolute Gasteiger partial charge is 0.436 e. The first kappa shape index (κ1) is 18.4. The van der Waals surface area contributed by atoms with Crippen LogP contribution in [0.1, 0.15) is 5.56 Å². The lowest BCUT2D eigenvalue weighted by atomic mass is 10.2. The molecule has 0 N–H and O–H groups in total. The van der Waals surface area contributed by atoms with Crippen molar-refractivity contribution in [1.29, 1.82) is 0 Å². The van der Waals surface area contributed by atoms with Gasteiger partial charge in [-0.3, -0.25) is 15.1 Å². The molecule has 0 unspecified atom stereocenters. The molecular formula is C22H18N4O3. The van der Waals surface area contributed by atoms with E-state index in [1.54, 1.807) is 18.3 Å². The number of hydrogen-bond acceptors (Lipinski definition) is 6. The minimum Gasteiger partial charge on any atom is -0.436 e. The molecule has 0 saturated carbocycles. The Balaban J connectivity index is 1.60. The summed E-state index contributed by atoms with van der Waals surface area (Å²) in [5.41, 5.74) is 4.74. The number of non-ortho nitro benzene ring substituents is 1. The van der Waals surface area contributed by atoms with Gasteiger partial charge in [-0.2, -0.15) is 0 Å². The molecule has 144 valence electrons. The van der Waals surface area contributed by atoms with Crippen molar-refractivity contribution in [2.45, 2.75) is 0 Å². The first-order valence-corrected chi connectivity index (χ1v) is 8.96. The van der Waals surface area contributed by atoms with Crippen molar-refractivity contribution in [2.24, 2.45) is 4.99 Å². The highest BCUT2D eigenvalue weighted by molar-refractivity contribution is 5.85. The van der Waals surface area contributed by atoms with Crippen LogP contribution in [0.4, 0.5) is 17.1 Å². The zero-order chi connectivity index (χ0) is 20.4. The zero-order valence-corrected chi connectivity index (χ0v) is 15.9. The van der Waals surface area contributed by atoms with E-state index in [9.17, 15) is 10.1 Å². The monoisotopic (exact) mass is 386 g/mol. The molecule has 7 heteroatoms. The van der Waals surface area contributed by atoms with Gasteiger partial charge in [0.25, 0.3) is 5.69 Å². The molecule has 0 aliphatic heterocycles. The second-order valence-corrected chi connectivity index (χ2v) is 6.72. The molecule has 7 nitrogen and oxygen atoms in total. The SMILES string of the molecule is CN(C)c1ccc(-c2nc3cc(N=Cc4cccc([N+](=O)[O-])c4)ccc3o2)cc1. The van der Waals surface area contributed by atoms with Gasteiger partial charge in [0.15, 0.2) is 5.58 Å². The van der Waals surface area contributed by atoms with Gasteiger partial charge in [-0.05, 0) is 48.0 Å². The molecule has 0 bridgehead atoms. The Kier molecular flexibility index (Phi) is 4.78. The van der Waals surface area contributed by atoms with Crippen LogP contribution in [0.3, 0.4) is 0 Å². The van der Waals surface area contributed by atoms with Crippen LogP contribution in [0, 0.1) is 10.1 Å². The maximum absolute atomic E-state index is 10.9. The van der Waals surface area contributed by atoms with Gasteiger partial charge in [-0.15, -0.1) is 0 Å². The van der Waals surface area contributed by atoms with E-state index in [4.69, 9.17) is 4.42 Å². The highest BCUT2D eigenvalue weighted by Crippen LogP contribution is 2.28. The Labute approximate surface area is 167 Å². The fourth-order valence-electron chi connectivity index (χ4n) is 2.89. The molecule has 0 saturated heterocycles. The quantitative estimate of drug-likeness (QED) is 0.267. The molecule has 0 atom stereocenters. The number of anilines is 1. The molecule has 0 radical (unpaired) electrons. The summed E-state index contributed by atoms with van der Waals surface area (Å²) in [5.74, 6) is 0.546. The number of fused-ring (bicyclic) bond motifs is 1. The minimum absolute atomic E-state index is 0.0332. The molecule has 0 aliphatic rings. The third-order valence-corrected chi connectivity index (χ3v) is 4.45. The third-order valence-electron chi connectivity index (χ3n) is 4.45. The number of rotatable bonds is 5. The molecule has 1 heterocycles. The molecule has 29 heavy (non-hydrogen) atoms. The fraction of sp³-hybridized carbons (Fsp3) is 0.0909. The summed E-state index contributed by atoms with van der Waals surface area (Å²) in [7, 11) is 3.98. The van der Waals surface area contributed by atoms with Gasteiger partial charge in [-0.25, -0.2) is 4.98 Å². The van der Waals surface area contributed by atoms with Gasteiger partial charge < -0.3 is 9.32 Å². The Bertz CT molecular complexity index is 1210. The smallest absolute Gasteiger partial charge is 0.270 e. The van der Waals surface area contributed by atoms with Crippen LogP contribution >= 0.6 is 0 Å². The van der Waals surface area contributed by atoms with Crippen molar-refractivity contribution in [2.75, 3.05) is 19.0 Å². The van der Waals surface area contributed by atoms with Crippen LogP contribution in [0.25, 0.3) is 22.6 Å². The van der Waals surface area contributed by atoms with Gasteiger partial charge in [0.2, 0.25) is 5.89 Å². The van der Waals surface area contributed by atoms with Crippen molar-refractivity contribution in [3.05, 3.63) is 82.4 Å². The van der Waals surface area contributed by atoms with Crippen molar-refractivity contribution in [3.8, 4) is 11.5 Å². The van der Waals surface area contributed by atoms with Gasteiger partial charge in [0, 0.05) is 43.7 Å². The summed E-state index contributed by atoms with van der Waals surface area (Å²) in [4.78, 5) is 21.5. The number of oxazole rings is 1. The molecule has 1 aromatic heterocycles. The number of nitrogens with zero attached hydrogens (tertiary/aromatic N) is 4. The first-order valence-electron chi connectivity index (χ1n) is 8.96. The highest BCUT2D eigenvalue weighted by Gasteiger charge is 2.09. The summed E-state index contributed by atoms with van der Waals surface area (Å²) < 4.78 is 5.86. The van der Waals surface area contributed by atoms with Gasteiger partial charge in [0.1, 0.15) is 5.52 Å². The average molecular weight is 386 g/mol. The Morgan fingerprint density at radius 3 is 2.59 bits per heavy atom. The summed E-state index contributed by atoms with van der Waals surface area (Å²) in [6.07, 6.45) is 1.59. The average Bonchev–Trinajstić information content (AvgIpc) is 3.16. The second-order valence-electron chi connectivity index (χ2n) is 6.72. The summed E-state index contributed by atoms with van der Waals surface area (Å²) >= 11 is 0. The van der Waals surface area contributed by atoms with Crippen LogP contribution in [-0.4, -0.2) is 30.2 Å². The summed E-state index contributed by atoms with van der Waals surface area (Å²) in [6.45, 7) is 0. The van der Waals surface area contributed by atoms with Crippen LogP contribution in [0.2, 0.25) is 0 Å². The number of aromatic nitrogens is 1. The van der Waals surface area contributed by atoms with E-state index in [1.807, 2.05) is 61.5 Å². The number of nitro benzene ring substituents is 1. The van der Waals surface area contributed by atoms with Crippen molar-refractivity contribution >= 4 is 34.4 Å². The predicted octanol–water partition coefficient (Wildman–Crippen LogP) is 5.22. The highest BCUT2D eigenvalue weighted by atomic mass is 16.6. The molecule has 0 fully saturated rings. The number of hydrogen-bond donors (Lipinski definition) is 0. The number of benzene rings is 3. The topological polar surface area (TPSA) is 84.8 Å². The molecular weight excluding hydrogens is 368 g/mol. The Hall–Kier alpha value is -4.00. The van der Waals surface area contributed by atoms with Crippen LogP contribution in [0.15, 0.2) is 76.1 Å². The minimum atomic E-state index is -0.425. The van der Waals surface area contributed by atoms with Gasteiger partial charge >= 0.3 is 0 Å². The molecule has 0 amide bonds. The van der Waals surface area contributed by atoms with E-state index in [1.165, 1.54) is 12.1 Å². The van der Waals surface area contributed by atoms with Crippen molar-refractivity contribution < 1.29 is 9.34 Å². The lowest BCUT2D eigenvalue weighted by Crippen LogP contribution is -2.07. The maximum Gasteiger partial charge on any atom is 0.270 e. The fourth-order valence-corrected chi connectivity index (χ4v) is 2.89. The van der Waals surface area contributed by atoms with E-state index in [0.29, 0.717) is 28.2 Å². The van der Waals surface area contributed by atoms with E-state index in [0.717, 1.165) is 11.3 Å². The van der Waals surface area contributed by atoms with E-state index < -0.39 is 4.92 Å². The van der Waals surface area contributed by atoms with Gasteiger partial charge in [0.05, 0.1) is 10.6 Å². The van der Waals surface area contributed by atoms with E-state index >= 15 is 0 Å². The van der Waals surface area contributed by atoms with Crippen LogP contribution in [-0.2, 0) is 0 Å². The Morgan fingerprint density at radius 1 is 1.07 bits per heavy atom. The lowest BCUT2D eigenvalue weighted by molar-refractivity contribution is -0.384. The van der Waals surface area contributed by atoms with Crippen molar-refractivity contribution in [1.82, 2.24) is 4.98 Å². The predicted molar refractivity (Wildman–Crippen MR) is 114 cm³/mol. The standard InChI is InChI=1S/C22H18N4O3/c1-25(2)18-9-6-16(7-10-18)22-24-20-13-17(8-11-21(20)29-22)23-14-15-4-3-5-19(12-15)26(27)28/h3-14H,1-2H3. The molecule has 4 rings (SSSR count). The van der Waals surface area contributed by atoms with Crippen LogP contribution in [0.5, 0.6) is 0 Å².